The van der Waals surface area contributed by atoms with Gasteiger partial charge >= 0.3 is 0 Å². The molecule has 0 bridgehead atoms. The lowest BCUT2D eigenvalue weighted by Crippen LogP contribution is -2.01. The first kappa shape index (κ1) is 7.85. The minimum atomic E-state index is -0.0157. The molecule has 13 heavy (non-hydrogen) atoms. The summed E-state index contributed by atoms with van der Waals surface area (Å²) in [5.41, 5.74) is 1.94. The number of imidazole rings is 1. The summed E-state index contributed by atoms with van der Waals surface area (Å²) in [6.45, 7) is 3.31. The molecule has 0 amide bonds. The number of carbonyl (C=O) groups excluding carboxylic acids is 1. The topological polar surface area (TPSA) is 60.2 Å². The highest BCUT2D eigenvalue weighted by Gasteiger charge is 2.11. The average molecular weight is 176 g/mol. The molecule has 0 spiro atoms. The fourth-order valence-corrected chi connectivity index (χ4v) is 1.37. The number of hydrogen-bond donors (Lipinski definition) is 0. The Morgan fingerprint density at radius 2 is 2.23 bits per heavy atom. The van der Waals surface area contributed by atoms with Gasteiger partial charge in [0.15, 0.2) is 11.4 Å². The second kappa shape index (κ2) is 2.62. The molecule has 0 atom stereocenters. The lowest BCUT2D eigenvalue weighted by molar-refractivity contribution is 0.101. The monoisotopic (exact) mass is 176 g/mol. The van der Waals surface area contributed by atoms with Gasteiger partial charge in [-0.1, -0.05) is 0 Å². The Balaban J connectivity index is 2.86. The summed E-state index contributed by atoms with van der Waals surface area (Å²) in [7, 11) is 0. The fourth-order valence-electron chi connectivity index (χ4n) is 1.37. The zero-order chi connectivity index (χ0) is 9.42. The van der Waals surface area contributed by atoms with Crippen molar-refractivity contribution in [3.05, 3.63) is 23.9 Å². The van der Waals surface area contributed by atoms with Crippen LogP contribution < -0.4 is 0 Å². The van der Waals surface area contributed by atoms with Crippen molar-refractivity contribution in [1.29, 1.82) is 0 Å². The summed E-state index contributed by atoms with van der Waals surface area (Å²) in [5.74, 6) is -0.0157. The predicted octanol–water partition coefficient (Wildman–Crippen LogP) is 0.635. The Labute approximate surface area is 74.4 Å². The average Bonchev–Trinajstić information content (AvgIpc) is 2.39. The van der Waals surface area contributed by atoms with Gasteiger partial charge in [0, 0.05) is 6.92 Å². The molecule has 66 valence electrons. The van der Waals surface area contributed by atoms with Gasteiger partial charge in [0.25, 0.3) is 0 Å². The highest BCUT2D eigenvalue weighted by Crippen LogP contribution is 2.09. The normalized spacial score (nSPS) is 10.6. The van der Waals surface area contributed by atoms with Gasteiger partial charge in [0.2, 0.25) is 0 Å². The second-order valence-electron chi connectivity index (χ2n) is 2.81. The molecule has 2 aromatic rings. The van der Waals surface area contributed by atoms with Crippen molar-refractivity contribution in [2.24, 2.45) is 0 Å². The molecule has 0 fully saturated rings. The van der Waals surface area contributed by atoms with Crippen LogP contribution in [0.4, 0.5) is 0 Å². The smallest absolute Gasteiger partial charge is 0.178 e. The molecule has 0 radical (unpaired) electrons. The third-order valence-corrected chi connectivity index (χ3v) is 1.85. The third kappa shape index (κ3) is 1.09. The highest BCUT2D eigenvalue weighted by atomic mass is 16.1. The standard InChI is InChI=1S/C8H8N4O/c1-5-8(6(2)13)12-4-10-9-3-7(12)11-5/h3-4H,1-2H3. The molecule has 5 heteroatoms. The van der Waals surface area contributed by atoms with Gasteiger partial charge in [-0.2, -0.15) is 5.10 Å². The van der Waals surface area contributed by atoms with Crippen LogP contribution in [0.15, 0.2) is 12.5 Å². The van der Waals surface area contributed by atoms with Crippen LogP contribution in [-0.4, -0.2) is 25.4 Å². The van der Waals surface area contributed by atoms with Gasteiger partial charge in [-0.3, -0.25) is 9.20 Å². The fraction of sp³-hybridized carbons (Fsp3) is 0.250. The molecule has 0 aliphatic rings. The van der Waals surface area contributed by atoms with Crippen molar-refractivity contribution in [3.63, 3.8) is 0 Å². The maximum atomic E-state index is 11.2. The highest BCUT2D eigenvalue weighted by molar-refractivity contribution is 5.94. The van der Waals surface area contributed by atoms with Gasteiger partial charge in [-0.15, -0.1) is 5.10 Å². The molecule has 0 aliphatic heterocycles. The molecule has 5 nitrogen and oxygen atoms in total. The molecule has 0 N–H and O–H groups in total. The summed E-state index contributed by atoms with van der Waals surface area (Å²) in [6, 6.07) is 0. The van der Waals surface area contributed by atoms with Gasteiger partial charge in [0.05, 0.1) is 11.9 Å². The lowest BCUT2D eigenvalue weighted by Gasteiger charge is -1.94. The van der Waals surface area contributed by atoms with Crippen LogP contribution in [0.2, 0.25) is 0 Å². The Morgan fingerprint density at radius 1 is 1.46 bits per heavy atom. The summed E-state index contributed by atoms with van der Waals surface area (Å²) in [5, 5.41) is 7.37. The maximum absolute atomic E-state index is 11.2. The Morgan fingerprint density at radius 3 is 2.92 bits per heavy atom. The molecule has 2 rings (SSSR count). The van der Waals surface area contributed by atoms with Gasteiger partial charge in [-0.05, 0) is 6.92 Å². The number of Topliss-reactive ketones (excluding diaryl/α,β-unsaturated/α-hetero) is 1. The lowest BCUT2D eigenvalue weighted by atomic mass is 10.2. The molecule has 0 saturated heterocycles. The summed E-state index contributed by atoms with van der Waals surface area (Å²) in [6.07, 6.45) is 3.02. The zero-order valence-corrected chi connectivity index (χ0v) is 7.35. The molecule has 0 aromatic carbocycles. The molecule has 2 heterocycles. The Bertz CT molecular complexity index is 474. The number of fused-ring (bicyclic) bond motifs is 1. The van der Waals surface area contributed by atoms with Crippen LogP contribution >= 0.6 is 0 Å². The van der Waals surface area contributed by atoms with E-state index >= 15 is 0 Å². The van der Waals surface area contributed by atoms with Crippen molar-refractivity contribution in [2.75, 3.05) is 0 Å². The number of rotatable bonds is 1. The van der Waals surface area contributed by atoms with Crippen LogP contribution in [0.1, 0.15) is 23.1 Å². The van der Waals surface area contributed by atoms with Crippen LogP contribution in [0.5, 0.6) is 0 Å². The Hall–Kier alpha value is -1.78. The first-order valence-corrected chi connectivity index (χ1v) is 3.86. The van der Waals surface area contributed by atoms with Crippen LogP contribution in [0, 0.1) is 6.92 Å². The molecule has 0 saturated carbocycles. The number of aryl methyl sites for hydroxylation is 1. The van der Waals surface area contributed by atoms with E-state index in [1.54, 1.807) is 11.3 Å². The summed E-state index contributed by atoms with van der Waals surface area (Å²) < 4.78 is 1.64. The molecular weight excluding hydrogens is 168 g/mol. The van der Waals surface area contributed by atoms with E-state index in [9.17, 15) is 4.79 Å². The molecule has 0 aliphatic carbocycles. The van der Waals surface area contributed by atoms with Crippen molar-refractivity contribution < 1.29 is 4.79 Å². The SMILES string of the molecule is CC(=O)c1c(C)nc2cnncn12. The minimum absolute atomic E-state index is 0.0157. The van der Waals surface area contributed by atoms with Crippen LogP contribution in [0.25, 0.3) is 5.65 Å². The first-order valence-electron chi connectivity index (χ1n) is 3.86. The minimum Gasteiger partial charge on any atom is -0.293 e. The second-order valence-corrected chi connectivity index (χ2v) is 2.81. The molecule has 2 aromatic heterocycles. The van der Waals surface area contributed by atoms with Gasteiger partial charge in [-0.25, -0.2) is 4.98 Å². The van der Waals surface area contributed by atoms with E-state index in [0.29, 0.717) is 17.0 Å². The van der Waals surface area contributed by atoms with Crippen molar-refractivity contribution in [3.8, 4) is 0 Å². The van der Waals surface area contributed by atoms with Crippen LogP contribution in [0.3, 0.4) is 0 Å². The van der Waals surface area contributed by atoms with E-state index in [1.165, 1.54) is 19.4 Å². The van der Waals surface area contributed by atoms with E-state index in [2.05, 4.69) is 15.2 Å². The summed E-state index contributed by atoms with van der Waals surface area (Å²) >= 11 is 0. The number of carbonyl (C=O) groups is 1. The van der Waals surface area contributed by atoms with Crippen LogP contribution in [-0.2, 0) is 0 Å². The zero-order valence-electron chi connectivity index (χ0n) is 7.35. The largest absolute Gasteiger partial charge is 0.293 e. The Kier molecular flexibility index (Phi) is 1.58. The van der Waals surface area contributed by atoms with Crippen molar-refractivity contribution in [2.45, 2.75) is 13.8 Å². The van der Waals surface area contributed by atoms with Crippen molar-refractivity contribution >= 4 is 11.4 Å². The van der Waals surface area contributed by atoms with Gasteiger partial charge in [0.1, 0.15) is 12.0 Å². The number of ketones is 1. The molecular formula is C8H8N4O. The van der Waals surface area contributed by atoms with E-state index in [4.69, 9.17) is 0 Å². The van der Waals surface area contributed by atoms with E-state index in [0.717, 1.165) is 0 Å². The number of aromatic nitrogens is 4. The maximum Gasteiger partial charge on any atom is 0.178 e. The number of hydrogen-bond acceptors (Lipinski definition) is 4. The van der Waals surface area contributed by atoms with Gasteiger partial charge < -0.3 is 0 Å². The van der Waals surface area contributed by atoms with Crippen molar-refractivity contribution in [1.82, 2.24) is 19.6 Å². The number of nitrogens with zero attached hydrogens (tertiary/aromatic N) is 4. The predicted molar refractivity (Wildman–Crippen MR) is 45.5 cm³/mol. The third-order valence-electron chi connectivity index (χ3n) is 1.85. The quantitative estimate of drug-likeness (QED) is 0.598. The van der Waals surface area contributed by atoms with E-state index < -0.39 is 0 Å². The summed E-state index contributed by atoms with van der Waals surface area (Å²) in [4.78, 5) is 15.4. The molecule has 0 unspecified atom stereocenters. The van der Waals surface area contributed by atoms with E-state index in [1.807, 2.05) is 0 Å². The first-order chi connectivity index (χ1) is 6.20. The van der Waals surface area contributed by atoms with E-state index in [-0.39, 0.29) is 5.78 Å².